The Morgan fingerprint density at radius 3 is 2.18 bits per heavy atom. The third kappa shape index (κ3) is 5.45. The fraction of sp³-hybridized carbons (Fsp3) is 0.520. The van der Waals surface area contributed by atoms with E-state index in [4.69, 9.17) is 4.74 Å². The number of carbonyl (C=O) groups is 2. The van der Waals surface area contributed by atoms with E-state index < -0.39 is 43.0 Å². The fourth-order valence-corrected chi connectivity index (χ4v) is 5.31. The van der Waals surface area contributed by atoms with Crippen LogP contribution in [0.1, 0.15) is 52.5 Å². The van der Waals surface area contributed by atoms with E-state index in [2.05, 4.69) is 4.90 Å². The molecule has 210 valence electrons. The van der Waals surface area contributed by atoms with E-state index >= 15 is 0 Å². The predicted octanol–water partition coefficient (Wildman–Crippen LogP) is 4.17. The number of nitrogens with zero attached hydrogens (tertiary/aromatic N) is 3. The van der Waals surface area contributed by atoms with Gasteiger partial charge in [0.05, 0.1) is 17.8 Å². The van der Waals surface area contributed by atoms with Gasteiger partial charge in [0.25, 0.3) is 11.7 Å². The molecule has 0 saturated carbocycles. The Hall–Kier alpha value is -2.90. The second kappa shape index (κ2) is 10.3. The minimum absolute atomic E-state index is 0. The number of amides is 1. The Kier molecular flexibility index (Phi) is 7.65. The Labute approximate surface area is 216 Å². The van der Waals surface area contributed by atoms with Gasteiger partial charge in [0.15, 0.2) is 0 Å². The molecule has 3 heterocycles. The molecule has 7 nitrogen and oxygen atoms in total. The van der Waals surface area contributed by atoms with Crippen molar-refractivity contribution in [3.63, 3.8) is 0 Å². The van der Waals surface area contributed by atoms with E-state index in [9.17, 15) is 41.0 Å². The van der Waals surface area contributed by atoms with E-state index in [1.165, 1.54) is 34.9 Å². The molecule has 1 spiro atoms. The van der Waals surface area contributed by atoms with Crippen LogP contribution in [0.15, 0.2) is 36.4 Å². The number of aromatic nitrogens is 1. The Bertz CT molecular complexity index is 1170. The molecule has 2 aliphatic heterocycles. The van der Waals surface area contributed by atoms with Gasteiger partial charge in [-0.25, -0.2) is 0 Å². The highest BCUT2D eigenvalue weighted by Crippen LogP contribution is 2.42. The number of ketones is 1. The summed E-state index contributed by atoms with van der Waals surface area (Å²) in [4.78, 5) is 28.7. The molecule has 1 aromatic heterocycles. The number of likely N-dealkylation sites (tertiary alicyclic amines) is 1. The van der Waals surface area contributed by atoms with Gasteiger partial charge in [-0.05, 0) is 49.7 Å². The lowest BCUT2D eigenvalue weighted by atomic mass is 9.81. The van der Waals surface area contributed by atoms with Crippen molar-refractivity contribution in [2.75, 3.05) is 39.9 Å². The van der Waals surface area contributed by atoms with Gasteiger partial charge in [-0.3, -0.25) is 14.5 Å². The number of carbonyl (C=O) groups excluding carboxylic acids is 2. The smallest absolute Gasteiger partial charge is 0.393 e. The van der Waals surface area contributed by atoms with Crippen molar-refractivity contribution >= 4 is 11.7 Å². The number of rotatable bonds is 6. The molecule has 1 fully saturated rings. The third-order valence-corrected chi connectivity index (χ3v) is 7.36. The Morgan fingerprint density at radius 1 is 1.00 bits per heavy atom. The molecule has 0 radical (unpaired) electrons. The summed E-state index contributed by atoms with van der Waals surface area (Å²) in [6.45, 7) is -0.869. The van der Waals surface area contributed by atoms with E-state index in [-0.39, 0.29) is 19.6 Å². The lowest BCUT2D eigenvalue weighted by Gasteiger charge is -2.50. The number of hydrogen-bond acceptors (Lipinski definition) is 5. The molecule has 1 aromatic carbocycles. The van der Waals surface area contributed by atoms with Gasteiger partial charge in [0, 0.05) is 38.9 Å². The second-order valence-corrected chi connectivity index (χ2v) is 9.55. The number of Topliss-reactive ketones (excluding diaryl/α,β-unsaturated/α-hetero) is 1. The zero-order valence-corrected chi connectivity index (χ0v) is 20.5. The standard InChI is InChI=1S/C25H27F6N3O4.H2/c1-32-12-13-34-18(21(36)25(29,30)31)6-7-20(34)23(32)8-10-33(11-9-23)22(37)17-4-2-16(3-5-17)19(14-35)38-15-24(26,27)28;/h2-7,19,35H,8-15H2,1H3;1H. The molecule has 1 N–H and O–H groups in total. The lowest BCUT2D eigenvalue weighted by molar-refractivity contribution is -0.189. The topological polar surface area (TPSA) is 75.0 Å². The summed E-state index contributed by atoms with van der Waals surface area (Å²) in [5.41, 5.74) is 0.186. The molecule has 2 aromatic rings. The molecular formula is C25H29F6N3O4. The van der Waals surface area contributed by atoms with Gasteiger partial charge in [-0.1, -0.05) is 12.1 Å². The SMILES string of the molecule is CN1CCn2c(C(=O)C(F)(F)F)ccc2C12CCN(C(=O)c1ccc(C(CO)OCC(F)(F)F)cc1)CC2.[HH]. The van der Waals surface area contributed by atoms with Crippen LogP contribution in [0.25, 0.3) is 0 Å². The third-order valence-electron chi connectivity index (χ3n) is 7.36. The van der Waals surface area contributed by atoms with Crippen LogP contribution in [0.3, 0.4) is 0 Å². The molecule has 38 heavy (non-hydrogen) atoms. The van der Waals surface area contributed by atoms with Crippen LogP contribution in [-0.4, -0.2) is 83.4 Å². The molecule has 1 amide bonds. The molecule has 4 rings (SSSR count). The number of fused-ring (bicyclic) bond motifs is 2. The first-order valence-electron chi connectivity index (χ1n) is 12.0. The van der Waals surface area contributed by atoms with Crippen LogP contribution in [0.2, 0.25) is 0 Å². The normalized spacial score (nSPS) is 18.9. The number of halogens is 6. The molecule has 13 heteroatoms. The van der Waals surface area contributed by atoms with Gasteiger partial charge >= 0.3 is 12.4 Å². The molecule has 1 saturated heterocycles. The summed E-state index contributed by atoms with van der Waals surface area (Å²) in [7, 11) is 1.87. The molecule has 1 unspecified atom stereocenters. The van der Waals surface area contributed by atoms with Gasteiger partial charge in [-0.15, -0.1) is 0 Å². The predicted molar refractivity (Wildman–Crippen MR) is 125 cm³/mol. The summed E-state index contributed by atoms with van der Waals surface area (Å²) in [5, 5.41) is 9.39. The first-order chi connectivity index (χ1) is 17.8. The van der Waals surface area contributed by atoms with Gasteiger partial charge < -0.3 is 19.3 Å². The highest BCUT2D eigenvalue weighted by Gasteiger charge is 2.48. The van der Waals surface area contributed by atoms with Crippen molar-refractivity contribution in [3.05, 3.63) is 58.9 Å². The summed E-state index contributed by atoms with van der Waals surface area (Å²) >= 11 is 0. The molecular weight excluding hydrogens is 520 g/mol. The molecule has 0 bridgehead atoms. The van der Waals surface area contributed by atoms with Crippen molar-refractivity contribution in [2.24, 2.45) is 0 Å². The summed E-state index contributed by atoms with van der Waals surface area (Å²) in [6.07, 6.45) is -9.83. The minimum atomic E-state index is -4.97. The lowest BCUT2D eigenvalue weighted by Crippen LogP contribution is -2.56. The van der Waals surface area contributed by atoms with Crippen LogP contribution in [0.4, 0.5) is 26.3 Å². The van der Waals surface area contributed by atoms with Crippen LogP contribution >= 0.6 is 0 Å². The Balaban J connectivity index is 0.00000420. The number of aliphatic hydroxyl groups excluding tert-OH is 1. The van der Waals surface area contributed by atoms with E-state index in [0.29, 0.717) is 49.3 Å². The van der Waals surface area contributed by atoms with Crippen LogP contribution < -0.4 is 0 Å². The average Bonchev–Trinajstić information content (AvgIpc) is 3.30. The summed E-state index contributed by atoms with van der Waals surface area (Å²) in [6, 6.07) is 8.53. The van der Waals surface area contributed by atoms with Gasteiger partial charge in [-0.2, -0.15) is 26.3 Å². The zero-order chi connectivity index (χ0) is 27.9. The molecule has 2 aliphatic rings. The average molecular weight is 550 g/mol. The van der Waals surface area contributed by atoms with Gasteiger partial charge in [0.1, 0.15) is 12.7 Å². The maximum Gasteiger partial charge on any atom is 0.456 e. The highest BCUT2D eigenvalue weighted by atomic mass is 19.4. The number of ether oxygens (including phenoxy) is 1. The summed E-state index contributed by atoms with van der Waals surface area (Å²) < 4.78 is 82.8. The molecule has 1 atom stereocenters. The number of alkyl halides is 6. The maximum atomic E-state index is 13.1. The van der Waals surface area contributed by atoms with E-state index in [1.807, 2.05) is 7.05 Å². The minimum Gasteiger partial charge on any atom is -0.393 e. The van der Waals surface area contributed by atoms with Crippen LogP contribution in [-0.2, 0) is 16.8 Å². The first kappa shape index (κ1) is 28.1. The number of likely N-dealkylation sites (N-methyl/N-ethyl adjacent to an activating group) is 1. The highest BCUT2D eigenvalue weighted by molar-refractivity contribution is 5.99. The summed E-state index contributed by atoms with van der Waals surface area (Å²) in [5.74, 6) is -2.18. The van der Waals surface area contributed by atoms with Crippen molar-refractivity contribution < 1.29 is 47.2 Å². The van der Waals surface area contributed by atoms with Crippen molar-refractivity contribution in [1.82, 2.24) is 14.4 Å². The van der Waals surface area contributed by atoms with E-state index in [0.717, 1.165) is 0 Å². The zero-order valence-electron chi connectivity index (χ0n) is 20.5. The van der Waals surface area contributed by atoms with Crippen molar-refractivity contribution in [2.45, 2.75) is 43.4 Å². The quantitative estimate of drug-likeness (QED) is 0.433. The Morgan fingerprint density at radius 2 is 1.63 bits per heavy atom. The number of aliphatic hydroxyl groups is 1. The maximum absolute atomic E-state index is 13.1. The monoisotopic (exact) mass is 549 g/mol. The second-order valence-electron chi connectivity index (χ2n) is 9.55. The fourth-order valence-electron chi connectivity index (χ4n) is 5.31. The number of benzene rings is 1. The number of hydrogen-bond donors (Lipinski definition) is 1. The number of piperidine rings is 1. The largest absolute Gasteiger partial charge is 0.456 e. The van der Waals surface area contributed by atoms with Crippen molar-refractivity contribution in [1.29, 1.82) is 0 Å². The van der Waals surface area contributed by atoms with Gasteiger partial charge in [0.2, 0.25) is 0 Å². The van der Waals surface area contributed by atoms with Crippen LogP contribution in [0, 0.1) is 0 Å². The van der Waals surface area contributed by atoms with E-state index in [1.54, 1.807) is 11.0 Å². The van der Waals surface area contributed by atoms with Crippen molar-refractivity contribution in [3.8, 4) is 0 Å². The molecule has 0 aliphatic carbocycles. The van der Waals surface area contributed by atoms with Crippen LogP contribution in [0.5, 0.6) is 0 Å². The first-order valence-corrected chi connectivity index (χ1v) is 12.0.